The molecule has 1 aromatic heterocycles. The second-order valence-electron chi connectivity index (χ2n) is 7.86. The van der Waals surface area contributed by atoms with Crippen LogP contribution >= 0.6 is 0 Å². The minimum absolute atomic E-state index is 0.0380. The van der Waals surface area contributed by atoms with Gasteiger partial charge in [0.05, 0.1) is 5.56 Å². The van der Waals surface area contributed by atoms with E-state index in [1.807, 2.05) is 30.3 Å². The first kappa shape index (κ1) is 21.6. The lowest BCUT2D eigenvalue weighted by Crippen LogP contribution is -2.43. The Kier molecular flexibility index (Phi) is 6.84. The Labute approximate surface area is 186 Å². The lowest BCUT2D eigenvalue weighted by atomic mass is 9.95. The maximum Gasteiger partial charge on any atom is 0.256 e. The molecule has 32 heavy (non-hydrogen) atoms. The molecule has 2 heterocycles. The molecule has 0 aliphatic carbocycles. The number of piperidine rings is 1. The van der Waals surface area contributed by atoms with Crippen LogP contribution in [0.5, 0.6) is 0 Å². The predicted octanol–water partition coefficient (Wildman–Crippen LogP) is 3.49. The number of nitrogens with zero attached hydrogens (tertiary/aromatic N) is 3. The first-order valence-corrected chi connectivity index (χ1v) is 10.8. The van der Waals surface area contributed by atoms with Crippen LogP contribution in [0.3, 0.4) is 0 Å². The number of aromatic nitrogens is 2. The maximum atomic E-state index is 13.7. The van der Waals surface area contributed by atoms with Crippen LogP contribution in [0.2, 0.25) is 0 Å². The van der Waals surface area contributed by atoms with Crippen molar-refractivity contribution in [1.29, 1.82) is 0 Å². The number of hydrogen-bond donors (Lipinski definition) is 1. The number of carbonyl (C=O) groups is 2. The number of benzene rings is 2. The van der Waals surface area contributed by atoms with Crippen LogP contribution in [-0.4, -0.2) is 46.3 Å². The third kappa shape index (κ3) is 5.17. The third-order valence-corrected chi connectivity index (χ3v) is 5.74. The predicted molar refractivity (Wildman–Crippen MR) is 119 cm³/mol. The average molecular weight is 432 g/mol. The molecule has 7 heteroatoms. The van der Waals surface area contributed by atoms with E-state index < -0.39 is 0 Å². The van der Waals surface area contributed by atoms with Gasteiger partial charge in [-0.15, -0.1) is 0 Å². The van der Waals surface area contributed by atoms with Crippen LogP contribution in [0, 0.1) is 11.7 Å². The van der Waals surface area contributed by atoms with E-state index in [0.717, 1.165) is 5.56 Å². The van der Waals surface area contributed by atoms with Gasteiger partial charge in [-0.1, -0.05) is 48.5 Å². The number of hydrogen-bond acceptors (Lipinski definition) is 4. The molecule has 1 N–H and O–H groups in total. The molecule has 1 aliphatic heterocycles. The molecule has 2 aromatic carbocycles. The highest BCUT2D eigenvalue weighted by atomic mass is 19.1. The normalized spacial score (nSPS) is 14.2. The second-order valence-corrected chi connectivity index (χ2v) is 7.86. The summed E-state index contributed by atoms with van der Waals surface area (Å²) >= 11 is 0. The van der Waals surface area contributed by atoms with Crippen LogP contribution in [0.25, 0.3) is 11.4 Å². The van der Waals surface area contributed by atoms with E-state index in [0.29, 0.717) is 55.8 Å². The topological polar surface area (TPSA) is 75.2 Å². The van der Waals surface area contributed by atoms with Gasteiger partial charge in [0.25, 0.3) is 5.91 Å². The van der Waals surface area contributed by atoms with Crippen molar-refractivity contribution in [2.75, 3.05) is 19.6 Å². The van der Waals surface area contributed by atoms with Crippen molar-refractivity contribution >= 4 is 11.8 Å². The van der Waals surface area contributed by atoms with Crippen molar-refractivity contribution in [3.05, 3.63) is 83.9 Å². The van der Waals surface area contributed by atoms with Crippen LogP contribution in [0.4, 0.5) is 4.39 Å². The number of rotatable bonds is 6. The van der Waals surface area contributed by atoms with E-state index >= 15 is 0 Å². The van der Waals surface area contributed by atoms with Crippen LogP contribution < -0.4 is 5.32 Å². The molecule has 0 unspecified atom stereocenters. The van der Waals surface area contributed by atoms with E-state index in [1.165, 1.54) is 6.07 Å². The third-order valence-electron chi connectivity index (χ3n) is 5.74. The molecule has 0 atom stereocenters. The highest BCUT2D eigenvalue weighted by Gasteiger charge is 2.28. The first-order valence-electron chi connectivity index (χ1n) is 10.8. The monoisotopic (exact) mass is 432 g/mol. The SMILES string of the molecule is O=C(NCCc1ccccc1F)C1CCN(C(=O)c2cnc(-c3ccccc3)nc2)CC1. The highest BCUT2D eigenvalue weighted by molar-refractivity contribution is 5.94. The zero-order valence-electron chi connectivity index (χ0n) is 17.7. The smallest absolute Gasteiger partial charge is 0.256 e. The molecule has 2 amide bonds. The molecule has 0 radical (unpaired) electrons. The quantitative estimate of drug-likeness (QED) is 0.647. The molecule has 3 aromatic rings. The Balaban J connectivity index is 1.25. The number of carbonyl (C=O) groups excluding carboxylic acids is 2. The van der Waals surface area contributed by atoms with E-state index in [-0.39, 0.29) is 23.5 Å². The lowest BCUT2D eigenvalue weighted by Gasteiger charge is -2.31. The van der Waals surface area contributed by atoms with Crippen LogP contribution in [-0.2, 0) is 11.2 Å². The molecule has 0 spiro atoms. The minimum atomic E-state index is -0.255. The molecular weight excluding hydrogens is 407 g/mol. The van der Waals surface area contributed by atoms with Crippen LogP contribution in [0.1, 0.15) is 28.8 Å². The Bertz CT molecular complexity index is 1060. The fourth-order valence-electron chi connectivity index (χ4n) is 3.87. The van der Waals surface area contributed by atoms with Gasteiger partial charge in [-0.3, -0.25) is 9.59 Å². The zero-order chi connectivity index (χ0) is 22.3. The molecule has 0 saturated carbocycles. The van der Waals surface area contributed by atoms with Crippen molar-refractivity contribution in [2.45, 2.75) is 19.3 Å². The van der Waals surface area contributed by atoms with Crippen molar-refractivity contribution < 1.29 is 14.0 Å². The summed E-state index contributed by atoms with van der Waals surface area (Å²) in [6.07, 6.45) is 4.76. The van der Waals surface area contributed by atoms with Gasteiger partial charge in [0.15, 0.2) is 5.82 Å². The largest absolute Gasteiger partial charge is 0.356 e. The Hall–Kier alpha value is -3.61. The van der Waals surface area contributed by atoms with E-state index in [4.69, 9.17) is 0 Å². The Morgan fingerprint density at radius 3 is 2.31 bits per heavy atom. The average Bonchev–Trinajstić information content (AvgIpc) is 2.85. The minimum Gasteiger partial charge on any atom is -0.356 e. The summed E-state index contributed by atoms with van der Waals surface area (Å²) in [5.41, 5.74) is 1.93. The summed E-state index contributed by atoms with van der Waals surface area (Å²) in [6, 6.07) is 16.2. The standard InChI is InChI=1S/C25H25FN4O2/c26-22-9-5-4-6-18(22)10-13-27-24(31)20-11-14-30(15-12-20)25(32)21-16-28-23(29-17-21)19-7-2-1-3-8-19/h1-9,16-17,20H,10-15H2,(H,27,31). The molecule has 1 saturated heterocycles. The summed E-state index contributed by atoms with van der Waals surface area (Å²) in [7, 11) is 0. The van der Waals surface area contributed by atoms with Crippen molar-refractivity contribution in [1.82, 2.24) is 20.2 Å². The van der Waals surface area contributed by atoms with E-state index in [2.05, 4.69) is 15.3 Å². The summed E-state index contributed by atoms with van der Waals surface area (Å²) in [4.78, 5) is 35.6. The van der Waals surface area contributed by atoms with Gasteiger partial charge in [-0.2, -0.15) is 0 Å². The van der Waals surface area contributed by atoms with Gasteiger partial charge in [-0.25, -0.2) is 14.4 Å². The molecule has 6 nitrogen and oxygen atoms in total. The number of amides is 2. The van der Waals surface area contributed by atoms with Gasteiger partial charge in [0, 0.05) is 43.5 Å². The first-order chi connectivity index (χ1) is 15.6. The molecule has 4 rings (SSSR count). The number of likely N-dealkylation sites (tertiary alicyclic amines) is 1. The van der Waals surface area contributed by atoms with E-state index in [1.54, 1.807) is 35.5 Å². The van der Waals surface area contributed by atoms with Gasteiger partial charge in [0.1, 0.15) is 5.82 Å². The second kappa shape index (κ2) is 10.1. The van der Waals surface area contributed by atoms with Crippen molar-refractivity contribution in [2.24, 2.45) is 5.92 Å². The van der Waals surface area contributed by atoms with Gasteiger partial charge < -0.3 is 10.2 Å². The molecule has 0 bridgehead atoms. The summed E-state index contributed by atoms with van der Waals surface area (Å²) in [5, 5.41) is 2.90. The van der Waals surface area contributed by atoms with Gasteiger partial charge in [0.2, 0.25) is 5.91 Å². The fraction of sp³-hybridized carbons (Fsp3) is 0.280. The van der Waals surface area contributed by atoms with Crippen molar-refractivity contribution in [3.63, 3.8) is 0 Å². The zero-order valence-corrected chi connectivity index (χ0v) is 17.7. The van der Waals surface area contributed by atoms with Crippen molar-refractivity contribution in [3.8, 4) is 11.4 Å². The fourth-order valence-corrected chi connectivity index (χ4v) is 3.87. The Morgan fingerprint density at radius 2 is 1.62 bits per heavy atom. The molecule has 164 valence electrons. The van der Waals surface area contributed by atoms with E-state index in [9.17, 15) is 14.0 Å². The van der Waals surface area contributed by atoms with Gasteiger partial charge >= 0.3 is 0 Å². The highest BCUT2D eigenvalue weighted by Crippen LogP contribution is 2.20. The lowest BCUT2D eigenvalue weighted by molar-refractivity contribution is -0.126. The Morgan fingerprint density at radius 1 is 0.969 bits per heavy atom. The number of halogens is 1. The maximum absolute atomic E-state index is 13.7. The molecular formula is C25H25FN4O2. The number of nitrogens with one attached hydrogen (secondary N) is 1. The summed E-state index contributed by atoms with van der Waals surface area (Å²) < 4.78 is 13.7. The van der Waals surface area contributed by atoms with Gasteiger partial charge in [-0.05, 0) is 30.9 Å². The molecule has 1 aliphatic rings. The van der Waals surface area contributed by atoms with Crippen LogP contribution in [0.15, 0.2) is 67.0 Å². The summed E-state index contributed by atoms with van der Waals surface area (Å²) in [6.45, 7) is 1.40. The summed E-state index contributed by atoms with van der Waals surface area (Å²) in [5.74, 6) is 0.0191. The molecule has 1 fully saturated rings.